The van der Waals surface area contributed by atoms with Crippen molar-refractivity contribution in [2.24, 2.45) is 0 Å². The minimum absolute atomic E-state index is 0.113. The Bertz CT molecular complexity index is 1330. The van der Waals surface area contributed by atoms with Crippen molar-refractivity contribution in [2.75, 3.05) is 6.61 Å². The van der Waals surface area contributed by atoms with Gasteiger partial charge in [0.15, 0.2) is 18.2 Å². The molecule has 0 saturated heterocycles. The van der Waals surface area contributed by atoms with Gasteiger partial charge >= 0.3 is 5.97 Å². The Labute approximate surface area is 207 Å². The molecule has 0 fully saturated rings. The molecule has 0 amide bonds. The zero-order valence-corrected chi connectivity index (χ0v) is 21.1. The number of hydrogen-bond acceptors (Lipinski definition) is 5. The first-order chi connectivity index (χ1) is 15.8. The predicted molar refractivity (Wildman–Crippen MR) is 133 cm³/mol. The van der Waals surface area contributed by atoms with E-state index in [0.717, 1.165) is 31.3 Å². The van der Waals surface area contributed by atoms with E-state index < -0.39 is 12.6 Å². The van der Waals surface area contributed by atoms with Crippen LogP contribution < -0.4 is 0 Å². The van der Waals surface area contributed by atoms with Crippen molar-refractivity contribution in [1.29, 1.82) is 0 Å². The highest BCUT2D eigenvalue weighted by atomic mass is 79.9. The summed E-state index contributed by atoms with van der Waals surface area (Å²) in [4.78, 5) is 29.6. The summed E-state index contributed by atoms with van der Waals surface area (Å²) in [6.45, 7) is 3.56. The van der Waals surface area contributed by atoms with Gasteiger partial charge in [0.1, 0.15) is 0 Å². The molecule has 6 nitrogen and oxygen atoms in total. The monoisotopic (exact) mass is 567 g/mol. The van der Waals surface area contributed by atoms with Gasteiger partial charge in [0.2, 0.25) is 0 Å². The van der Waals surface area contributed by atoms with Crippen LogP contribution >= 0.6 is 31.9 Å². The topological polar surface area (TPSA) is 74.1 Å². The summed E-state index contributed by atoms with van der Waals surface area (Å²) in [6.07, 6.45) is 0. The molecule has 0 aliphatic heterocycles. The molecular formula is C25H19Br2N3O3. The largest absolute Gasteiger partial charge is 0.451 e. The van der Waals surface area contributed by atoms with Gasteiger partial charge in [-0.05, 0) is 55.3 Å². The van der Waals surface area contributed by atoms with Crippen LogP contribution in [-0.4, -0.2) is 33.1 Å². The fourth-order valence-electron chi connectivity index (χ4n) is 3.21. The number of halogens is 2. The first-order valence-corrected chi connectivity index (χ1v) is 11.7. The van der Waals surface area contributed by atoms with E-state index in [-0.39, 0.29) is 11.6 Å². The molecule has 0 aliphatic carbocycles. The normalized spacial score (nSPS) is 10.8. The highest BCUT2D eigenvalue weighted by molar-refractivity contribution is 9.10. The molecule has 4 rings (SSSR count). The Morgan fingerprint density at radius 3 is 2.21 bits per heavy atom. The minimum atomic E-state index is -0.761. The Morgan fingerprint density at radius 2 is 1.55 bits per heavy atom. The summed E-state index contributed by atoms with van der Waals surface area (Å²) in [5, 5.41) is 4.45. The molecule has 0 bridgehead atoms. The van der Waals surface area contributed by atoms with E-state index in [1.165, 1.54) is 0 Å². The summed E-state index contributed by atoms with van der Waals surface area (Å²) >= 11 is 6.77. The summed E-state index contributed by atoms with van der Waals surface area (Å²) in [5.41, 5.74) is 4.09. The summed E-state index contributed by atoms with van der Waals surface area (Å²) in [6, 6.07) is 20.4. The number of esters is 1. The minimum Gasteiger partial charge on any atom is -0.451 e. The van der Waals surface area contributed by atoms with Gasteiger partial charge in [0.25, 0.3) is 5.82 Å². The number of carbonyl (C=O) groups excluding carboxylic acids is 2. The lowest BCUT2D eigenvalue weighted by Gasteiger charge is -2.10. The third-order valence-corrected chi connectivity index (χ3v) is 6.04. The van der Waals surface area contributed by atoms with E-state index in [9.17, 15) is 9.59 Å². The van der Waals surface area contributed by atoms with Gasteiger partial charge in [-0.1, -0.05) is 68.3 Å². The van der Waals surface area contributed by atoms with E-state index in [0.29, 0.717) is 11.4 Å². The Kier molecular flexibility index (Phi) is 6.85. The smallest absolute Gasteiger partial charge is 0.378 e. The van der Waals surface area contributed by atoms with Gasteiger partial charge in [-0.3, -0.25) is 4.79 Å². The SMILES string of the molecule is Cc1ccc(C)c(-n2nc(C(=O)OCC(=O)c3ccc(Br)cc3)nc2-c2ccc(Br)cc2)c1. The Morgan fingerprint density at radius 1 is 0.909 bits per heavy atom. The van der Waals surface area contributed by atoms with Crippen molar-refractivity contribution in [3.8, 4) is 17.1 Å². The van der Waals surface area contributed by atoms with Crippen LogP contribution in [0.4, 0.5) is 0 Å². The molecule has 4 aromatic rings. The Hall–Kier alpha value is -3.10. The van der Waals surface area contributed by atoms with Gasteiger partial charge < -0.3 is 4.74 Å². The van der Waals surface area contributed by atoms with Crippen LogP contribution in [0.1, 0.15) is 32.1 Å². The molecular weight excluding hydrogens is 550 g/mol. The van der Waals surface area contributed by atoms with Gasteiger partial charge in [0, 0.05) is 20.1 Å². The summed E-state index contributed by atoms with van der Waals surface area (Å²) < 4.78 is 8.66. The molecule has 0 saturated carbocycles. The standard InChI is InChI=1S/C25H19Br2N3O3/c1-15-3-4-16(2)21(13-15)30-24(18-7-11-20(27)12-8-18)28-23(29-30)25(32)33-14-22(31)17-5-9-19(26)10-6-17/h3-13H,14H2,1-2H3. The maximum Gasteiger partial charge on any atom is 0.378 e. The van der Waals surface area contributed by atoms with Crippen LogP contribution in [0.15, 0.2) is 75.7 Å². The highest BCUT2D eigenvalue weighted by Crippen LogP contribution is 2.25. The van der Waals surface area contributed by atoms with E-state index in [2.05, 4.69) is 41.9 Å². The number of benzene rings is 3. The fraction of sp³-hybridized carbons (Fsp3) is 0.120. The van der Waals surface area contributed by atoms with Crippen LogP contribution in [-0.2, 0) is 4.74 Å². The molecule has 166 valence electrons. The van der Waals surface area contributed by atoms with Crippen molar-refractivity contribution >= 4 is 43.6 Å². The quantitative estimate of drug-likeness (QED) is 0.207. The lowest BCUT2D eigenvalue weighted by atomic mass is 10.1. The first-order valence-electron chi connectivity index (χ1n) is 10.1. The number of ketones is 1. The molecule has 0 radical (unpaired) electrons. The van der Waals surface area contributed by atoms with E-state index in [1.54, 1.807) is 28.9 Å². The van der Waals surface area contributed by atoms with E-state index in [4.69, 9.17) is 4.74 Å². The molecule has 1 aromatic heterocycles. The van der Waals surface area contributed by atoms with Crippen molar-refractivity contribution < 1.29 is 14.3 Å². The number of aryl methyl sites for hydroxylation is 2. The van der Waals surface area contributed by atoms with Crippen LogP contribution in [0.2, 0.25) is 0 Å². The van der Waals surface area contributed by atoms with Crippen molar-refractivity contribution in [3.05, 3.63) is 98.2 Å². The predicted octanol–water partition coefficient (Wildman–Crippen LogP) is 6.12. The number of rotatable bonds is 6. The number of nitrogens with zero attached hydrogens (tertiary/aromatic N) is 3. The third kappa shape index (κ3) is 5.29. The number of ether oxygens (including phenoxy) is 1. The van der Waals surface area contributed by atoms with Crippen LogP contribution in [0.3, 0.4) is 0 Å². The number of aromatic nitrogens is 3. The lowest BCUT2D eigenvalue weighted by Crippen LogP contribution is -2.15. The summed E-state index contributed by atoms with van der Waals surface area (Å²) in [7, 11) is 0. The second-order valence-electron chi connectivity index (χ2n) is 7.47. The van der Waals surface area contributed by atoms with E-state index in [1.807, 2.05) is 56.3 Å². The van der Waals surface area contributed by atoms with Crippen molar-refractivity contribution in [1.82, 2.24) is 14.8 Å². The molecule has 0 N–H and O–H groups in total. The molecule has 0 atom stereocenters. The average molecular weight is 569 g/mol. The van der Waals surface area contributed by atoms with Crippen LogP contribution in [0.5, 0.6) is 0 Å². The molecule has 0 spiro atoms. The zero-order chi connectivity index (χ0) is 23.5. The first kappa shape index (κ1) is 23.1. The molecule has 3 aromatic carbocycles. The maximum atomic E-state index is 12.7. The van der Waals surface area contributed by atoms with Crippen LogP contribution in [0.25, 0.3) is 17.1 Å². The van der Waals surface area contributed by atoms with E-state index >= 15 is 0 Å². The fourth-order valence-corrected chi connectivity index (χ4v) is 3.74. The van der Waals surface area contributed by atoms with Gasteiger partial charge in [0.05, 0.1) is 5.69 Å². The number of Topliss-reactive ketones (excluding diaryl/α,β-unsaturated/α-hetero) is 1. The summed E-state index contributed by atoms with van der Waals surface area (Å²) in [5.74, 6) is -0.680. The number of hydrogen-bond donors (Lipinski definition) is 0. The molecule has 0 unspecified atom stereocenters. The maximum absolute atomic E-state index is 12.7. The molecule has 33 heavy (non-hydrogen) atoms. The van der Waals surface area contributed by atoms with Crippen molar-refractivity contribution in [3.63, 3.8) is 0 Å². The number of carbonyl (C=O) groups is 2. The Balaban J connectivity index is 1.65. The molecule has 1 heterocycles. The second-order valence-corrected chi connectivity index (χ2v) is 9.31. The lowest BCUT2D eigenvalue weighted by molar-refractivity contribution is 0.0462. The van der Waals surface area contributed by atoms with Gasteiger partial charge in [-0.25, -0.2) is 14.5 Å². The highest BCUT2D eigenvalue weighted by Gasteiger charge is 2.22. The van der Waals surface area contributed by atoms with Gasteiger partial charge in [-0.15, -0.1) is 5.10 Å². The third-order valence-electron chi connectivity index (χ3n) is 4.99. The van der Waals surface area contributed by atoms with Gasteiger partial charge in [-0.2, -0.15) is 0 Å². The molecule has 8 heteroatoms. The van der Waals surface area contributed by atoms with Crippen molar-refractivity contribution in [2.45, 2.75) is 13.8 Å². The van der Waals surface area contributed by atoms with Crippen LogP contribution in [0, 0.1) is 13.8 Å². The average Bonchev–Trinajstić information content (AvgIpc) is 3.25. The second kappa shape index (κ2) is 9.80. The molecule has 0 aliphatic rings. The zero-order valence-electron chi connectivity index (χ0n) is 17.9.